The van der Waals surface area contributed by atoms with Crippen LogP contribution in [0.4, 0.5) is 9.18 Å². The number of rotatable bonds is 7. The molecule has 1 aliphatic rings. The van der Waals surface area contributed by atoms with Crippen LogP contribution in [0.15, 0.2) is 84.9 Å². The van der Waals surface area contributed by atoms with Crippen molar-refractivity contribution >= 4 is 11.9 Å². The molecule has 3 amide bonds. The molecule has 2 unspecified atom stereocenters. The predicted octanol–water partition coefficient (Wildman–Crippen LogP) is 5.36. The van der Waals surface area contributed by atoms with E-state index in [-0.39, 0.29) is 17.8 Å². The summed E-state index contributed by atoms with van der Waals surface area (Å²) in [6.45, 7) is 1.67. The Hall–Kier alpha value is -3.47. The number of carbonyl (C=O) groups is 2. The molecule has 1 saturated heterocycles. The van der Waals surface area contributed by atoms with Gasteiger partial charge in [0.15, 0.2) is 0 Å². The minimum atomic E-state index is -1.22. The molecule has 0 bridgehead atoms. The lowest BCUT2D eigenvalue weighted by atomic mass is 9.91. The van der Waals surface area contributed by atoms with Gasteiger partial charge in [-0.1, -0.05) is 72.8 Å². The molecule has 3 aromatic rings. The van der Waals surface area contributed by atoms with Gasteiger partial charge in [0, 0.05) is 0 Å². The maximum atomic E-state index is 13.5. The van der Waals surface area contributed by atoms with E-state index in [9.17, 15) is 14.0 Å². The van der Waals surface area contributed by atoms with Gasteiger partial charge in [0.05, 0.1) is 6.04 Å². The Labute approximate surface area is 181 Å². The molecule has 0 radical (unpaired) electrons. The summed E-state index contributed by atoms with van der Waals surface area (Å²) in [5.74, 6) is -0.707. The van der Waals surface area contributed by atoms with E-state index < -0.39 is 11.6 Å². The normalized spacial score (nSPS) is 19.4. The highest BCUT2D eigenvalue weighted by molar-refractivity contribution is 6.07. The van der Waals surface area contributed by atoms with E-state index in [2.05, 4.69) is 17.4 Å². The summed E-state index contributed by atoms with van der Waals surface area (Å²) in [6, 6.07) is 24.7. The highest BCUT2D eigenvalue weighted by atomic mass is 19.1. The van der Waals surface area contributed by atoms with Gasteiger partial charge in [0.25, 0.3) is 5.91 Å². The van der Waals surface area contributed by atoms with Crippen LogP contribution in [-0.2, 0) is 16.8 Å². The zero-order valence-corrected chi connectivity index (χ0v) is 17.4. The van der Waals surface area contributed by atoms with Crippen LogP contribution < -0.4 is 5.32 Å². The van der Waals surface area contributed by atoms with Crippen LogP contribution in [0.2, 0.25) is 0 Å². The molecule has 1 fully saturated rings. The number of hydrogen-bond acceptors (Lipinski definition) is 2. The zero-order chi connectivity index (χ0) is 21.8. The monoisotopic (exact) mass is 416 g/mol. The van der Waals surface area contributed by atoms with Gasteiger partial charge in [-0.3, -0.25) is 9.69 Å². The van der Waals surface area contributed by atoms with Gasteiger partial charge in [0.2, 0.25) is 0 Å². The van der Waals surface area contributed by atoms with Gasteiger partial charge in [0.1, 0.15) is 11.4 Å². The minimum Gasteiger partial charge on any atom is -0.319 e. The average molecular weight is 416 g/mol. The van der Waals surface area contributed by atoms with Crippen molar-refractivity contribution in [3.05, 3.63) is 107 Å². The number of amides is 3. The zero-order valence-electron chi connectivity index (χ0n) is 17.4. The molecule has 3 aromatic carbocycles. The molecular formula is C26H25FN2O2. The topological polar surface area (TPSA) is 49.4 Å². The van der Waals surface area contributed by atoms with Crippen LogP contribution in [0.1, 0.15) is 42.5 Å². The third-order valence-corrected chi connectivity index (χ3v) is 5.93. The van der Waals surface area contributed by atoms with E-state index in [0.717, 1.165) is 18.4 Å². The quantitative estimate of drug-likeness (QED) is 0.528. The first-order chi connectivity index (χ1) is 15.0. The van der Waals surface area contributed by atoms with Crippen molar-refractivity contribution in [3.63, 3.8) is 0 Å². The van der Waals surface area contributed by atoms with Crippen LogP contribution >= 0.6 is 0 Å². The van der Waals surface area contributed by atoms with Gasteiger partial charge < -0.3 is 5.32 Å². The molecule has 0 aliphatic carbocycles. The summed E-state index contributed by atoms with van der Waals surface area (Å²) in [5.41, 5.74) is 1.48. The summed E-state index contributed by atoms with van der Waals surface area (Å²) >= 11 is 0. The molecule has 4 nitrogen and oxygen atoms in total. The van der Waals surface area contributed by atoms with Crippen molar-refractivity contribution in [3.8, 4) is 0 Å². The number of hydrogen-bond donors (Lipinski definition) is 1. The van der Waals surface area contributed by atoms with Crippen LogP contribution in [-0.4, -0.2) is 16.8 Å². The van der Waals surface area contributed by atoms with E-state index in [1.54, 1.807) is 19.1 Å². The highest BCUT2D eigenvalue weighted by Gasteiger charge is 2.51. The number of carbonyl (C=O) groups excluding carboxylic acids is 2. The standard InChI is InChI=1S/C26H25FN2O2/c1-26(21-15-17-22(27)18-16-21)24(30)29(25(31)28-26)23(20-12-6-3-7-13-20)14-8-11-19-9-4-2-5-10-19/h2-7,9-10,12-13,15-18,23H,8,11,14H2,1H3,(H,28,31). The molecule has 1 heterocycles. The number of aryl methyl sites for hydroxylation is 1. The van der Waals surface area contributed by atoms with E-state index in [1.165, 1.54) is 22.6 Å². The van der Waals surface area contributed by atoms with Gasteiger partial charge in [-0.25, -0.2) is 9.18 Å². The number of benzene rings is 3. The Morgan fingerprint density at radius 1 is 0.903 bits per heavy atom. The first-order valence-electron chi connectivity index (χ1n) is 10.5. The number of imide groups is 1. The number of nitrogens with zero attached hydrogens (tertiary/aromatic N) is 1. The second-order valence-electron chi connectivity index (χ2n) is 8.04. The van der Waals surface area contributed by atoms with Crippen LogP contribution in [0.3, 0.4) is 0 Å². The third-order valence-electron chi connectivity index (χ3n) is 5.93. The first kappa shape index (κ1) is 20.8. The molecule has 1 aliphatic heterocycles. The molecule has 158 valence electrons. The Morgan fingerprint density at radius 2 is 1.52 bits per heavy atom. The SMILES string of the molecule is CC1(c2ccc(F)cc2)NC(=O)N(C(CCCc2ccccc2)c2ccccc2)C1=O. The van der Waals surface area contributed by atoms with Crippen LogP contribution in [0.5, 0.6) is 0 Å². The molecule has 4 rings (SSSR count). The van der Waals surface area contributed by atoms with E-state index >= 15 is 0 Å². The maximum absolute atomic E-state index is 13.5. The van der Waals surface area contributed by atoms with E-state index in [1.807, 2.05) is 48.5 Å². The van der Waals surface area contributed by atoms with Crippen molar-refractivity contribution in [1.29, 1.82) is 0 Å². The number of urea groups is 1. The summed E-state index contributed by atoms with van der Waals surface area (Å²) in [5, 5.41) is 2.84. The largest absolute Gasteiger partial charge is 0.325 e. The molecule has 0 aromatic heterocycles. The second kappa shape index (κ2) is 8.72. The van der Waals surface area contributed by atoms with E-state index in [4.69, 9.17) is 0 Å². The summed E-state index contributed by atoms with van der Waals surface area (Å²) in [7, 11) is 0. The lowest BCUT2D eigenvalue weighted by Gasteiger charge is -2.28. The Kier molecular flexibility index (Phi) is 5.85. The number of nitrogens with one attached hydrogen (secondary N) is 1. The first-order valence-corrected chi connectivity index (χ1v) is 10.5. The Morgan fingerprint density at radius 3 is 2.16 bits per heavy atom. The van der Waals surface area contributed by atoms with Crippen molar-refractivity contribution in [2.45, 2.75) is 37.8 Å². The molecule has 1 N–H and O–H groups in total. The lowest BCUT2D eigenvalue weighted by molar-refractivity contribution is -0.132. The summed E-state index contributed by atoms with van der Waals surface area (Å²) < 4.78 is 13.4. The molecule has 2 atom stereocenters. The third kappa shape index (κ3) is 4.22. The average Bonchev–Trinajstić information content (AvgIpc) is 3.02. The summed E-state index contributed by atoms with van der Waals surface area (Å²) in [4.78, 5) is 27.9. The Bertz CT molecular complexity index is 1050. The fourth-order valence-electron chi connectivity index (χ4n) is 4.19. The van der Waals surface area contributed by atoms with Gasteiger partial charge >= 0.3 is 6.03 Å². The van der Waals surface area contributed by atoms with Gasteiger partial charge in [-0.2, -0.15) is 0 Å². The fraction of sp³-hybridized carbons (Fsp3) is 0.231. The Balaban J connectivity index is 1.60. The van der Waals surface area contributed by atoms with E-state index in [0.29, 0.717) is 12.0 Å². The van der Waals surface area contributed by atoms with Crippen molar-refractivity contribution in [2.75, 3.05) is 0 Å². The smallest absolute Gasteiger partial charge is 0.319 e. The number of halogens is 1. The molecule has 0 spiro atoms. The van der Waals surface area contributed by atoms with Crippen LogP contribution in [0, 0.1) is 5.82 Å². The predicted molar refractivity (Wildman–Crippen MR) is 118 cm³/mol. The molecule has 0 saturated carbocycles. The van der Waals surface area contributed by atoms with Gasteiger partial charge in [-0.15, -0.1) is 0 Å². The molecular weight excluding hydrogens is 391 g/mol. The van der Waals surface area contributed by atoms with Gasteiger partial charge in [-0.05, 0) is 55.0 Å². The van der Waals surface area contributed by atoms with Crippen LogP contribution in [0.25, 0.3) is 0 Å². The molecule has 5 heteroatoms. The van der Waals surface area contributed by atoms with Crippen molar-refractivity contribution in [2.24, 2.45) is 0 Å². The lowest BCUT2D eigenvalue weighted by Crippen LogP contribution is -2.41. The van der Waals surface area contributed by atoms with Crippen molar-refractivity contribution < 1.29 is 14.0 Å². The highest BCUT2D eigenvalue weighted by Crippen LogP contribution is 2.36. The maximum Gasteiger partial charge on any atom is 0.325 e. The fourth-order valence-corrected chi connectivity index (χ4v) is 4.19. The second-order valence-corrected chi connectivity index (χ2v) is 8.04. The molecule has 31 heavy (non-hydrogen) atoms. The minimum absolute atomic E-state index is 0.322. The summed E-state index contributed by atoms with van der Waals surface area (Å²) in [6.07, 6.45) is 2.34. The van der Waals surface area contributed by atoms with Crippen molar-refractivity contribution in [1.82, 2.24) is 10.2 Å².